The van der Waals surface area contributed by atoms with Crippen LogP contribution in [0.15, 0.2) is 48.7 Å². The molecule has 2 aromatic carbocycles. The van der Waals surface area contributed by atoms with E-state index in [4.69, 9.17) is 4.98 Å². The lowest BCUT2D eigenvalue weighted by molar-refractivity contribution is 0.222. The maximum atomic E-state index is 9.85. The van der Waals surface area contributed by atoms with Crippen molar-refractivity contribution in [3.63, 3.8) is 0 Å². The predicted octanol–water partition coefficient (Wildman–Crippen LogP) is 4.70. The maximum absolute atomic E-state index is 9.85. The number of phenols is 2. The standard InChI is InChI=1S/C22H24N4O2.2ClH/c27-20-9-8-16(14-21(20)28)17-15-26-19-7-3-2-6-18(19)25(22(26)23-17)13-12-24-10-4-1-5-11-24;;/h2-3,6-9,14-15,27-28H,1,4-5,10-13H2;2*1H. The van der Waals surface area contributed by atoms with E-state index in [0.717, 1.165) is 35.6 Å². The first-order valence-corrected chi connectivity index (χ1v) is 9.92. The molecular formula is C22H26Cl2N4O2. The Morgan fingerprint density at radius 1 is 0.833 bits per heavy atom. The number of halogens is 2. The highest BCUT2D eigenvalue weighted by atomic mass is 35.5. The Balaban J connectivity index is 0.00000128. The SMILES string of the molecule is Cl.Cl.Oc1ccc(-c2cn3c4ccccc4n(CCN4CCCCC4)c3n2)cc1O. The molecule has 160 valence electrons. The van der Waals surface area contributed by atoms with Crippen LogP contribution in [0.3, 0.4) is 0 Å². The molecule has 30 heavy (non-hydrogen) atoms. The van der Waals surface area contributed by atoms with Crippen molar-refractivity contribution in [2.45, 2.75) is 25.8 Å². The average Bonchev–Trinajstić information content (AvgIpc) is 3.27. The molecule has 6 nitrogen and oxygen atoms in total. The molecule has 0 unspecified atom stereocenters. The van der Waals surface area contributed by atoms with Gasteiger partial charge < -0.3 is 19.7 Å². The molecule has 0 aliphatic carbocycles. The molecule has 5 rings (SSSR count). The fourth-order valence-electron chi connectivity index (χ4n) is 4.21. The number of hydrogen-bond acceptors (Lipinski definition) is 4. The van der Waals surface area contributed by atoms with Crippen LogP contribution in [0.1, 0.15) is 19.3 Å². The summed E-state index contributed by atoms with van der Waals surface area (Å²) in [6, 6.07) is 13.2. The number of imidazole rings is 2. The number of rotatable bonds is 4. The first kappa shape index (κ1) is 22.3. The summed E-state index contributed by atoms with van der Waals surface area (Å²) in [7, 11) is 0. The highest BCUT2D eigenvalue weighted by Gasteiger charge is 2.17. The van der Waals surface area contributed by atoms with Crippen LogP contribution in [-0.4, -0.2) is 48.7 Å². The fourth-order valence-corrected chi connectivity index (χ4v) is 4.21. The van der Waals surface area contributed by atoms with Crippen LogP contribution in [0.4, 0.5) is 0 Å². The molecule has 1 fully saturated rings. The lowest BCUT2D eigenvalue weighted by Crippen LogP contribution is -2.32. The molecule has 0 amide bonds. The van der Waals surface area contributed by atoms with Gasteiger partial charge in [0.05, 0.1) is 16.7 Å². The first-order valence-electron chi connectivity index (χ1n) is 9.92. The molecule has 2 N–H and O–H groups in total. The lowest BCUT2D eigenvalue weighted by Gasteiger charge is -2.26. The second kappa shape index (κ2) is 9.16. The summed E-state index contributed by atoms with van der Waals surface area (Å²) in [6.45, 7) is 4.29. The zero-order chi connectivity index (χ0) is 19.1. The van der Waals surface area contributed by atoms with Crippen molar-refractivity contribution >= 4 is 41.6 Å². The number of nitrogens with zero attached hydrogens (tertiary/aromatic N) is 4. The summed E-state index contributed by atoms with van der Waals surface area (Å²) in [4.78, 5) is 7.41. The summed E-state index contributed by atoms with van der Waals surface area (Å²) in [6.07, 6.45) is 5.93. The van der Waals surface area contributed by atoms with Crippen molar-refractivity contribution in [1.82, 2.24) is 18.9 Å². The third kappa shape index (κ3) is 3.95. The molecule has 3 heterocycles. The first-order chi connectivity index (χ1) is 13.7. The summed E-state index contributed by atoms with van der Waals surface area (Å²) in [5.41, 5.74) is 3.87. The van der Waals surface area contributed by atoms with E-state index in [1.54, 1.807) is 12.1 Å². The van der Waals surface area contributed by atoms with E-state index < -0.39 is 0 Å². The number of para-hydroxylation sites is 2. The minimum absolute atomic E-state index is 0. The summed E-state index contributed by atoms with van der Waals surface area (Å²) in [5, 5.41) is 19.4. The Hall–Kier alpha value is -2.41. The Bertz CT molecular complexity index is 1150. The minimum Gasteiger partial charge on any atom is -0.504 e. The topological polar surface area (TPSA) is 65.9 Å². The fraction of sp³-hybridized carbons (Fsp3) is 0.318. The largest absolute Gasteiger partial charge is 0.504 e. The normalized spacial score (nSPS) is 14.5. The van der Waals surface area contributed by atoms with Crippen molar-refractivity contribution in [2.24, 2.45) is 0 Å². The maximum Gasteiger partial charge on any atom is 0.215 e. The average molecular weight is 449 g/mol. The van der Waals surface area contributed by atoms with Crippen LogP contribution in [0.25, 0.3) is 28.1 Å². The Morgan fingerprint density at radius 3 is 2.30 bits per heavy atom. The van der Waals surface area contributed by atoms with E-state index in [9.17, 15) is 10.2 Å². The number of phenolic OH excluding ortho intramolecular Hbond substituents is 2. The van der Waals surface area contributed by atoms with Crippen molar-refractivity contribution in [3.8, 4) is 22.8 Å². The molecule has 4 aromatic rings. The van der Waals surface area contributed by atoms with E-state index in [2.05, 4.69) is 32.1 Å². The van der Waals surface area contributed by atoms with Gasteiger partial charge in [-0.05, 0) is 56.3 Å². The van der Waals surface area contributed by atoms with Crippen LogP contribution in [0.2, 0.25) is 0 Å². The molecule has 1 saturated heterocycles. The third-order valence-electron chi connectivity index (χ3n) is 5.72. The smallest absolute Gasteiger partial charge is 0.215 e. The van der Waals surface area contributed by atoms with Gasteiger partial charge in [-0.25, -0.2) is 4.98 Å². The van der Waals surface area contributed by atoms with Gasteiger partial charge >= 0.3 is 0 Å². The number of hydrogen-bond donors (Lipinski definition) is 2. The van der Waals surface area contributed by atoms with Crippen LogP contribution < -0.4 is 0 Å². The molecule has 2 aromatic heterocycles. The van der Waals surface area contributed by atoms with E-state index >= 15 is 0 Å². The van der Waals surface area contributed by atoms with Gasteiger partial charge in [0.25, 0.3) is 0 Å². The van der Waals surface area contributed by atoms with Gasteiger partial charge in [-0.2, -0.15) is 0 Å². The van der Waals surface area contributed by atoms with Gasteiger partial charge in [0.2, 0.25) is 5.78 Å². The molecular weight excluding hydrogens is 423 g/mol. The Kier molecular flexibility index (Phi) is 6.81. The Labute approximate surface area is 187 Å². The van der Waals surface area contributed by atoms with E-state index in [-0.39, 0.29) is 36.3 Å². The van der Waals surface area contributed by atoms with Crippen LogP contribution in [-0.2, 0) is 6.54 Å². The van der Waals surface area contributed by atoms with Crippen molar-refractivity contribution in [2.75, 3.05) is 19.6 Å². The number of piperidine rings is 1. The van der Waals surface area contributed by atoms with Gasteiger partial charge in [0.1, 0.15) is 0 Å². The predicted molar refractivity (Wildman–Crippen MR) is 124 cm³/mol. The van der Waals surface area contributed by atoms with Gasteiger partial charge in [-0.3, -0.25) is 4.40 Å². The van der Waals surface area contributed by atoms with Gasteiger partial charge in [0, 0.05) is 24.8 Å². The number of aromatic hydroxyl groups is 2. The van der Waals surface area contributed by atoms with E-state index in [1.165, 1.54) is 43.9 Å². The minimum atomic E-state index is -0.131. The van der Waals surface area contributed by atoms with Gasteiger partial charge in [-0.15, -0.1) is 24.8 Å². The monoisotopic (exact) mass is 448 g/mol. The van der Waals surface area contributed by atoms with Crippen LogP contribution in [0, 0.1) is 0 Å². The number of benzene rings is 2. The molecule has 0 radical (unpaired) electrons. The van der Waals surface area contributed by atoms with Crippen molar-refractivity contribution < 1.29 is 10.2 Å². The van der Waals surface area contributed by atoms with Crippen molar-refractivity contribution in [3.05, 3.63) is 48.7 Å². The van der Waals surface area contributed by atoms with Crippen molar-refractivity contribution in [1.29, 1.82) is 0 Å². The highest BCUT2D eigenvalue weighted by molar-refractivity contribution is 5.85. The van der Waals surface area contributed by atoms with E-state index in [1.807, 2.05) is 12.3 Å². The zero-order valence-corrected chi connectivity index (χ0v) is 18.2. The number of likely N-dealkylation sites (tertiary alicyclic amines) is 1. The Morgan fingerprint density at radius 2 is 1.57 bits per heavy atom. The quantitative estimate of drug-likeness (QED) is 0.444. The summed E-state index contributed by atoms with van der Waals surface area (Å²) >= 11 is 0. The van der Waals surface area contributed by atoms with Crippen LogP contribution in [0.5, 0.6) is 11.5 Å². The lowest BCUT2D eigenvalue weighted by atomic mass is 10.1. The molecule has 0 bridgehead atoms. The molecule has 0 atom stereocenters. The van der Waals surface area contributed by atoms with Crippen LogP contribution >= 0.6 is 24.8 Å². The molecule has 1 aliphatic rings. The zero-order valence-electron chi connectivity index (χ0n) is 16.6. The molecule has 0 saturated carbocycles. The van der Waals surface area contributed by atoms with E-state index in [0.29, 0.717) is 0 Å². The molecule has 1 aliphatic heterocycles. The molecule has 0 spiro atoms. The number of aromatic nitrogens is 3. The second-order valence-electron chi connectivity index (χ2n) is 7.54. The summed E-state index contributed by atoms with van der Waals surface area (Å²) < 4.78 is 4.40. The van der Waals surface area contributed by atoms with Gasteiger partial charge in [0.15, 0.2) is 11.5 Å². The van der Waals surface area contributed by atoms with Gasteiger partial charge in [-0.1, -0.05) is 18.6 Å². The molecule has 8 heteroatoms. The highest BCUT2D eigenvalue weighted by Crippen LogP contribution is 2.31. The third-order valence-corrected chi connectivity index (χ3v) is 5.72. The number of fused-ring (bicyclic) bond motifs is 3. The second-order valence-corrected chi connectivity index (χ2v) is 7.54. The summed E-state index contributed by atoms with van der Waals surface area (Å²) in [5.74, 6) is 0.651.